The smallest absolute Gasteiger partial charge is 0.330 e. The van der Waals surface area contributed by atoms with Crippen LogP contribution in [0.1, 0.15) is 12.6 Å². The first-order valence-corrected chi connectivity index (χ1v) is 9.02. The predicted octanol–water partition coefficient (Wildman–Crippen LogP) is -0.138. The molecule has 0 spiro atoms. The van der Waals surface area contributed by atoms with E-state index in [1.54, 1.807) is 0 Å². The number of H-pyrrole nitrogens is 1. The molecule has 0 aliphatic carbocycles. The van der Waals surface area contributed by atoms with Crippen molar-refractivity contribution in [2.24, 2.45) is 0 Å². The maximum atomic E-state index is 12.3. The van der Waals surface area contributed by atoms with Gasteiger partial charge >= 0.3 is 5.69 Å². The SMILES string of the molecule is O.O.O=c1[nH]c(=O)n([C@H]2C[C@H](O)[C@@H](CO)O2)cc1-c1ccc(-c2ccccc2)cc1. The summed E-state index contributed by atoms with van der Waals surface area (Å²) in [4.78, 5) is 26.9. The van der Waals surface area contributed by atoms with Gasteiger partial charge in [-0.25, -0.2) is 4.79 Å². The first-order valence-electron chi connectivity index (χ1n) is 9.02. The number of nitrogens with one attached hydrogen (secondary N) is 1. The third kappa shape index (κ3) is 4.40. The van der Waals surface area contributed by atoms with E-state index in [0.29, 0.717) is 11.1 Å². The highest BCUT2D eigenvalue weighted by Gasteiger charge is 2.35. The zero-order valence-electron chi connectivity index (χ0n) is 16.0. The Balaban J connectivity index is 0.00000160. The summed E-state index contributed by atoms with van der Waals surface area (Å²) in [7, 11) is 0. The Hall–Kier alpha value is -3.08. The fourth-order valence-electron chi connectivity index (χ4n) is 3.43. The number of aromatic amines is 1. The number of ether oxygens (including phenoxy) is 1. The van der Waals surface area contributed by atoms with Crippen molar-refractivity contribution in [1.82, 2.24) is 9.55 Å². The van der Waals surface area contributed by atoms with Gasteiger partial charge in [-0.05, 0) is 16.7 Å². The molecule has 3 aromatic rings. The number of hydrogen-bond acceptors (Lipinski definition) is 5. The van der Waals surface area contributed by atoms with Crippen LogP contribution in [0.5, 0.6) is 0 Å². The van der Waals surface area contributed by atoms with Crippen molar-refractivity contribution in [3.63, 3.8) is 0 Å². The molecule has 0 unspecified atom stereocenters. The molecule has 1 fully saturated rings. The van der Waals surface area contributed by atoms with Gasteiger partial charge in [-0.2, -0.15) is 0 Å². The Kier molecular flexibility index (Phi) is 7.43. The van der Waals surface area contributed by atoms with E-state index in [9.17, 15) is 19.8 Å². The maximum Gasteiger partial charge on any atom is 0.330 e. The molecule has 2 aromatic carbocycles. The summed E-state index contributed by atoms with van der Waals surface area (Å²) in [6.07, 6.45) is -0.780. The average molecular weight is 416 g/mol. The lowest BCUT2D eigenvalue weighted by molar-refractivity contribution is -0.0458. The number of aliphatic hydroxyl groups excluding tert-OH is 2. The van der Waals surface area contributed by atoms with Crippen molar-refractivity contribution in [1.29, 1.82) is 0 Å². The molecule has 1 aliphatic heterocycles. The monoisotopic (exact) mass is 416 g/mol. The van der Waals surface area contributed by atoms with E-state index in [2.05, 4.69) is 4.98 Å². The summed E-state index contributed by atoms with van der Waals surface area (Å²) in [5.74, 6) is 0. The molecule has 1 saturated heterocycles. The number of benzene rings is 2. The van der Waals surface area contributed by atoms with Crippen molar-refractivity contribution in [3.8, 4) is 22.3 Å². The van der Waals surface area contributed by atoms with Crippen LogP contribution >= 0.6 is 0 Å². The zero-order chi connectivity index (χ0) is 19.7. The minimum atomic E-state index is -0.873. The molecule has 0 radical (unpaired) electrons. The Bertz CT molecular complexity index is 1080. The second kappa shape index (κ2) is 9.61. The van der Waals surface area contributed by atoms with E-state index in [4.69, 9.17) is 4.74 Å². The Morgan fingerprint density at radius 2 is 1.57 bits per heavy atom. The van der Waals surface area contributed by atoms with Crippen LogP contribution in [0.4, 0.5) is 0 Å². The summed E-state index contributed by atoms with van der Waals surface area (Å²) in [5.41, 5.74) is 1.95. The topological polar surface area (TPSA) is 168 Å². The van der Waals surface area contributed by atoms with Gasteiger partial charge < -0.3 is 25.9 Å². The van der Waals surface area contributed by atoms with E-state index in [-0.39, 0.29) is 24.0 Å². The van der Waals surface area contributed by atoms with E-state index >= 15 is 0 Å². The van der Waals surface area contributed by atoms with Gasteiger partial charge in [-0.1, -0.05) is 54.6 Å². The highest BCUT2D eigenvalue weighted by Crippen LogP contribution is 2.28. The highest BCUT2D eigenvalue weighted by molar-refractivity contribution is 5.69. The minimum absolute atomic E-state index is 0. The number of aromatic nitrogens is 2. The fraction of sp³-hybridized carbons (Fsp3) is 0.238. The van der Waals surface area contributed by atoms with Crippen molar-refractivity contribution in [3.05, 3.63) is 81.6 Å². The van der Waals surface area contributed by atoms with Crippen LogP contribution in [0.25, 0.3) is 22.3 Å². The van der Waals surface area contributed by atoms with Crippen LogP contribution in [-0.4, -0.2) is 49.5 Å². The Labute approximate surface area is 171 Å². The summed E-state index contributed by atoms with van der Waals surface area (Å²) < 4.78 is 6.79. The second-order valence-corrected chi connectivity index (χ2v) is 6.77. The van der Waals surface area contributed by atoms with Gasteiger partial charge in [0.05, 0.1) is 18.3 Å². The molecule has 4 rings (SSSR count). The van der Waals surface area contributed by atoms with Crippen molar-refractivity contribution in [2.45, 2.75) is 24.9 Å². The number of nitrogens with zero attached hydrogens (tertiary/aromatic N) is 1. The van der Waals surface area contributed by atoms with Crippen molar-refractivity contribution >= 4 is 0 Å². The zero-order valence-corrected chi connectivity index (χ0v) is 16.0. The molecule has 1 aliphatic rings. The van der Waals surface area contributed by atoms with Crippen LogP contribution < -0.4 is 11.2 Å². The lowest BCUT2D eigenvalue weighted by Crippen LogP contribution is -2.33. The minimum Gasteiger partial charge on any atom is -0.412 e. The molecular formula is C21H24N2O7. The van der Waals surface area contributed by atoms with E-state index in [0.717, 1.165) is 11.1 Å². The van der Waals surface area contributed by atoms with E-state index in [1.807, 2.05) is 54.6 Å². The van der Waals surface area contributed by atoms with Gasteiger partial charge in [0, 0.05) is 12.6 Å². The number of aliphatic hydroxyl groups is 2. The molecule has 7 N–H and O–H groups in total. The van der Waals surface area contributed by atoms with Gasteiger partial charge in [0.1, 0.15) is 12.3 Å². The van der Waals surface area contributed by atoms with Gasteiger partial charge in [0.2, 0.25) is 0 Å². The first kappa shape index (κ1) is 23.2. The fourth-order valence-corrected chi connectivity index (χ4v) is 3.43. The van der Waals surface area contributed by atoms with Crippen LogP contribution in [0, 0.1) is 0 Å². The van der Waals surface area contributed by atoms with E-state index in [1.165, 1.54) is 10.8 Å². The number of hydrogen-bond donors (Lipinski definition) is 3. The van der Waals surface area contributed by atoms with Gasteiger partial charge in [0.25, 0.3) is 5.56 Å². The predicted molar refractivity (Wildman–Crippen MR) is 111 cm³/mol. The Morgan fingerprint density at radius 3 is 2.17 bits per heavy atom. The third-order valence-electron chi connectivity index (χ3n) is 4.97. The lowest BCUT2D eigenvalue weighted by Gasteiger charge is -2.15. The summed E-state index contributed by atoms with van der Waals surface area (Å²) in [6, 6.07) is 17.3. The maximum absolute atomic E-state index is 12.3. The van der Waals surface area contributed by atoms with E-state index < -0.39 is 29.7 Å². The van der Waals surface area contributed by atoms with Crippen molar-refractivity contribution in [2.75, 3.05) is 6.61 Å². The lowest BCUT2D eigenvalue weighted by atomic mass is 10.0. The van der Waals surface area contributed by atoms with Gasteiger partial charge in [-0.3, -0.25) is 14.3 Å². The molecule has 3 atom stereocenters. The Morgan fingerprint density at radius 1 is 0.967 bits per heavy atom. The summed E-state index contributed by atoms with van der Waals surface area (Å²) in [6.45, 7) is -0.344. The molecule has 0 saturated carbocycles. The van der Waals surface area contributed by atoms with Crippen LogP contribution in [-0.2, 0) is 4.74 Å². The van der Waals surface area contributed by atoms with Crippen LogP contribution in [0.2, 0.25) is 0 Å². The van der Waals surface area contributed by atoms with Crippen LogP contribution in [0.15, 0.2) is 70.4 Å². The molecule has 2 heterocycles. The quantitative estimate of drug-likeness (QED) is 0.537. The van der Waals surface area contributed by atoms with Crippen molar-refractivity contribution < 1.29 is 25.9 Å². The summed E-state index contributed by atoms with van der Waals surface area (Å²) in [5, 5.41) is 19.2. The second-order valence-electron chi connectivity index (χ2n) is 6.77. The van der Waals surface area contributed by atoms with Crippen LogP contribution in [0.3, 0.4) is 0 Å². The molecule has 1 aromatic heterocycles. The molecule has 160 valence electrons. The molecule has 9 heteroatoms. The van der Waals surface area contributed by atoms with Gasteiger partial charge in [0.15, 0.2) is 0 Å². The average Bonchev–Trinajstić information content (AvgIpc) is 3.09. The number of rotatable bonds is 4. The summed E-state index contributed by atoms with van der Waals surface area (Å²) >= 11 is 0. The molecule has 30 heavy (non-hydrogen) atoms. The largest absolute Gasteiger partial charge is 0.412 e. The first-order chi connectivity index (χ1) is 13.6. The molecule has 0 amide bonds. The molecule has 9 nitrogen and oxygen atoms in total. The standard InChI is InChI=1S/C21H20N2O5.2H2O/c24-12-18-17(25)10-19(28-18)23-11-16(20(26)22-21(23)27)15-8-6-14(7-9-15)13-4-2-1-3-5-13;;/h1-9,11,17-19,24-25H,10,12H2,(H,22,26,27);2*1H2/t17-,18+,19+;;/m0../s1. The highest BCUT2D eigenvalue weighted by atomic mass is 16.5. The van der Waals surface area contributed by atoms with Gasteiger partial charge in [-0.15, -0.1) is 0 Å². The third-order valence-corrected chi connectivity index (χ3v) is 4.97. The normalized spacial score (nSPS) is 20.3. The molecule has 0 bridgehead atoms. The molecular weight excluding hydrogens is 392 g/mol.